The van der Waals surface area contributed by atoms with Gasteiger partial charge in [0.05, 0.1) is 8.45 Å². The van der Waals surface area contributed by atoms with Gasteiger partial charge in [0.1, 0.15) is 0 Å². The van der Waals surface area contributed by atoms with Gasteiger partial charge in [-0.1, -0.05) is 0 Å². The van der Waals surface area contributed by atoms with Gasteiger partial charge in [0.2, 0.25) is 0 Å². The summed E-state index contributed by atoms with van der Waals surface area (Å²) in [5.41, 5.74) is 0.673. The number of hydrogen-bond acceptors (Lipinski definition) is 3. The molecule has 0 bridgehead atoms. The summed E-state index contributed by atoms with van der Waals surface area (Å²) in [6, 6.07) is 1.83. The molecule has 4 nitrogen and oxygen atoms in total. The molecule has 0 unspecified atom stereocenters. The number of carboxylic acids is 1. The summed E-state index contributed by atoms with van der Waals surface area (Å²) in [6.45, 7) is 0.470. The summed E-state index contributed by atoms with van der Waals surface area (Å²) < 4.78 is 1.07. The maximum atomic E-state index is 11.8. The van der Waals surface area contributed by atoms with Gasteiger partial charge in [-0.25, -0.2) is 0 Å². The lowest BCUT2D eigenvalue weighted by Gasteiger charge is -2.15. The molecule has 1 amide bonds. The minimum atomic E-state index is -0.828. The van der Waals surface area contributed by atoms with Gasteiger partial charge in [-0.15, -0.1) is 11.3 Å². The monoisotopic (exact) mass is 353 g/mol. The summed E-state index contributed by atoms with van der Waals surface area (Å²) in [5, 5.41) is 10.3. The van der Waals surface area contributed by atoms with Crippen molar-refractivity contribution in [1.29, 1.82) is 0 Å². The molecule has 1 aromatic heterocycles. The second-order valence-electron chi connectivity index (χ2n) is 3.36. The van der Waals surface area contributed by atoms with E-state index >= 15 is 0 Å². The van der Waals surface area contributed by atoms with Crippen molar-refractivity contribution >= 4 is 45.8 Å². The molecule has 88 valence electrons. The Bertz CT molecular complexity index is 391. The highest BCUT2D eigenvalue weighted by Crippen LogP contribution is 2.17. The van der Waals surface area contributed by atoms with Gasteiger partial charge in [-0.2, -0.15) is 0 Å². The maximum absolute atomic E-state index is 11.8. The van der Waals surface area contributed by atoms with Gasteiger partial charge < -0.3 is 10.0 Å². The van der Waals surface area contributed by atoms with Crippen molar-refractivity contribution in [2.45, 2.75) is 12.8 Å². The number of thiophene rings is 1. The van der Waals surface area contributed by atoms with Crippen LogP contribution in [0.4, 0.5) is 0 Å². The van der Waals surface area contributed by atoms with Crippen LogP contribution in [0.1, 0.15) is 23.2 Å². The molecule has 0 aromatic carbocycles. The molecule has 1 rings (SSSR count). The van der Waals surface area contributed by atoms with Crippen molar-refractivity contribution in [1.82, 2.24) is 4.90 Å². The highest BCUT2D eigenvalue weighted by atomic mass is 127. The number of nitrogens with zero attached hydrogens (tertiary/aromatic N) is 1. The van der Waals surface area contributed by atoms with Crippen LogP contribution < -0.4 is 0 Å². The fourth-order valence-electron chi connectivity index (χ4n) is 1.21. The Morgan fingerprint density at radius 3 is 2.75 bits per heavy atom. The average molecular weight is 353 g/mol. The van der Waals surface area contributed by atoms with Crippen LogP contribution in [0.25, 0.3) is 0 Å². The molecule has 1 aromatic rings. The molecular weight excluding hydrogens is 341 g/mol. The summed E-state index contributed by atoms with van der Waals surface area (Å²) >= 11 is 3.69. The van der Waals surface area contributed by atoms with E-state index in [1.54, 1.807) is 11.9 Å². The highest BCUT2D eigenvalue weighted by molar-refractivity contribution is 14.1. The van der Waals surface area contributed by atoms with E-state index in [1.165, 1.54) is 11.3 Å². The van der Waals surface area contributed by atoms with Crippen LogP contribution in [-0.2, 0) is 4.79 Å². The summed E-state index contributed by atoms with van der Waals surface area (Å²) in [5.74, 6) is -0.879. The Labute approximate surface area is 111 Å². The number of aliphatic carboxylic acids is 1. The van der Waals surface area contributed by atoms with Crippen LogP contribution in [0, 0.1) is 2.88 Å². The number of carbonyl (C=O) groups is 2. The zero-order valence-electron chi connectivity index (χ0n) is 8.77. The molecular formula is C10H12INO3S. The van der Waals surface area contributed by atoms with Crippen molar-refractivity contribution in [3.05, 3.63) is 19.9 Å². The molecule has 0 saturated heterocycles. The molecule has 6 heteroatoms. The second kappa shape index (κ2) is 6.19. The number of amides is 1. The van der Waals surface area contributed by atoms with Crippen LogP contribution in [-0.4, -0.2) is 35.5 Å². The minimum absolute atomic E-state index is 0.0513. The van der Waals surface area contributed by atoms with E-state index in [0.29, 0.717) is 18.5 Å². The number of rotatable bonds is 5. The van der Waals surface area contributed by atoms with Gasteiger partial charge in [-0.3, -0.25) is 9.59 Å². The van der Waals surface area contributed by atoms with Gasteiger partial charge in [0.25, 0.3) is 5.91 Å². The first kappa shape index (κ1) is 13.4. The Kier molecular flexibility index (Phi) is 5.20. The third-order valence-corrected chi connectivity index (χ3v) is 3.83. The Balaban J connectivity index is 2.45. The number of halogens is 1. The normalized spacial score (nSPS) is 10.1. The molecule has 0 aliphatic rings. The predicted molar refractivity (Wildman–Crippen MR) is 70.9 cm³/mol. The predicted octanol–water partition coefficient (Wildman–Crippen LogP) is 2.29. The lowest BCUT2D eigenvalue weighted by atomic mass is 10.2. The van der Waals surface area contributed by atoms with Crippen molar-refractivity contribution in [2.24, 2.45) is 0 Å². The lowest BCUT2D eigenvalue weighted by molar-refractivity contribution is -0.137. The fraction of sp³-hybridized carbons (Fsp3) is 0.400. The van der Waals surface area contributed by atoms with Crippen molar-refractivity contribution in [2.75, 3.05) is 13.6 Å². The van der Waals surface area contributed by atoms with Crippen LogP contribution in [0.15, 0.2) is 11.4 Å². The fourth-order valence-corrected chi connectivity index (χ4v) is 2.53. The van der Waals surface area contributed by atoms with Gasteiger partial charge in [0, 0.05) is 25.4 Å². The third-order valence-electron chi connectivity index (χ3n) is 2.05. The maximum Gasteiger partial charge on any atom is 0.303 e. The zero-order chi connectivity index (χ0) is 12.1. The summed E-state index contributed by atoms with van der Waals surface area (Å²) in [6.07, 6.45) is 0.581. The Hall–Kier alpha value is -0.630. The van der Waals surface area contributed by atoms with E-state index in [4.69, 9.17) is 5.11 Å². The third kappa shape index (κ3) is 4.09. The Morgan fingerprint density at radius 2 is 2.25 bits per heavy atom. The molecule has 16 heavy (non-hydrogen) atoms. The zero-order valence-corrected chi connectivity index (χ0v) is 11.7. The summed E-state index contributed by atoms with van der Waals surface area (Å²) in [4.78, 5) is 23.7. The first-order valence-corrected chi connectivity index (χ1v) is 6.68. The first-order chi connectivity index (χ1) is 7.50. The standard InChI is InChI=1S/C10H12INO3S/c1-12(4-2-3-9(13)14)10(15)7-5-8(11)16-6-7/h5-6H,2-4H2,1H3,(H,13,14). The molecule has 0 atom stereocenters. The quantitative estimate of drug-likeness (QED) is 0.827. The molecule has 0 saturated carbocycles. The molecule has 0 aliphatic carbocycles. The van der Waals surface area contributed by atoms with E-state index in [2.05, 4.69) is 22.6 Å². The number of hydrogen-bond donors (Lipinski definition) is 1. The number of carbonyl (C=O) groups excluding carboxylic acids is 1. The van der Waals surface area contributed by atoms with E-state index in [9.17, 15) is 9.59 Å². The molecule has 0 spiro atoms. The van der Waals surface area contributed by atoms with Crippen molar-refractivity contribution in [3.8, 4) is 0 Å². The molecule has 1 heterocycles. The van der Waals surface area contributed by atoms with E-state index < -0.39 is 5.97 Å². The van der Waals surface area contributed by atoms with Crippen LogP contribution in [0.5, 0.6) is 0 Å². The molecule has 0 radical (unpaired) electrons. The van der Waals surface area contributed by atoms with Crippen LogP contribution in [0.3, 0.4) is 0 Å². The van der Waals surface area contributed by atoms with E-state index in [1.807, 2.05) is 11.4 Å². The molecule has 1 N–H and O–H groups in total. The SMILES string of the molecule is CN(CCCC(=O)O)C(=O)c1csc(I)c1. The van der Waals surface area contributed by atoms with Crippen molar-refractivity contribution in [3.63, 3.8) is 0 Å². The van der Waals surface area contributed by atoms with Gasteiger partial charge in [-0.05, 0) is 35.1 Å². The smallest absolute Gasteiger partial charge is 0.303 e. The van der Waals surface area contributed by atoms with Crippen molar-refractivity contribution < 1.29 is 14.7 Å². The second-order valence-corrected chi connectivity index (χ2v) is 6.17. The summed E-state index contributed by atoms with van der Waals surface area (Å²) in [7, 11) is 1.69. The highest BCUT2D eigenvalue weighted by Gasteiger charge is 2.13. The van der Waals surface area contributed by atoms with E-state index in [-0.39, 0.29) is 12.3 Å². The minimum Gasteiger partial charge on any atom is -0.481 e. The lowest BCUT2D eigenvalue weighted by Crippen LogP contribution is -2.27. The topological polar surface area (TPSA) is 57.6 Å². The molecule has 0 fully saturated rings. The first-order valence-electron chi connectivity index (χ1n) is 4.72. The van der Waals surface area contributed by atoms with Crippen LogP contribution >= 0.6 is 33.9 Å². The average Bonchev–Trinajstić information content (AvgIpc) is 2.63. The van der Waals surface area contributed by atoms with Gasteiger partial charge in [0.15, 0.2) is 0 Å². The van der Waals surface area contributed by atoms with Gasteiger partial charge >= 0.3 is 5.97 Å². The largest absolute Gasteiger partial charge is 0.481 e. The Morgan fingerprint density at radius 1 is 1.56 bits per heavy atom. The molecule has 0 aliphatic heterocycles. The van der Waals surface area contributed by atoms with E-state index in [0.717, 1.165) is 2.88 Å². The van der Waals surface area contributed by atoms with Crippen LogP contribution in [0.2, 0.25) is 0 Å². The number of carboxylic acid groups (broad SMARTS) is 1.